The van der Waals surface area contributed by atoms with E-state index >= 15 is 0 Å². The molecule has 7 heteroatoms. The second-order valence-electron chi connectivity index (χ2n) is 7.48. The minimum absolute atomic E-state index is 0.0124. The van der Waals surface area contributed by atoms with Crippen molar-refractivity contribution in [1.29, 1.82) is 0 Å². The van der Waals surface area contributed by atoms with Crippen molar-refractivity contribution in [1.82, 2.24) is 20.4 Å². The van der Waals surface area contributed by atoms with Crippen molar-refractivity contribution in [3.05, 3.63) is 53.0 Å². The summed E-state index contributed by atoms with van der Waals surface area (Å²) in [7, 11) is 2.14. The van der Waals surface area contributed by atoms with Crippen molar-refractivity contribution in [3.8, 4) is 0 Å². The van der Waals surface area contributed by atoms with Crippen molar-refractivity contribution in [2.45, 2.75) is 13.1 Å². The van der Waals surface area contributed by atoms with Gasteiger partial charge >= 0.3 is 0 Å². The molecule has 0 radical (unpaired) electrons. The predicted octanol–water partition coefficient (Wildman–Crippen LogP) is 1.39. The standard InChI is InChI=1S/C22H31N5O2/c1-17-5-3-4-6-18(17)7-8-19-25-21-20(23-9-13-28-14-10-24-21)22(26(19)2)27-11-15-29-16-12-27/h3-8,19,23H,9-16H2,1-2H3,(H,24,25)/b8-7+. The van der Waals surface area contributed by atoms with Crippen LogP contribution in [0.3, 0.4) is 0 Å². The third-order valence-electron chi connectivity index (χ3n) is 5.51. The molecule has 3 aliphatic rings. The van der Waals surface area contributed by atoms with Crippen molar-refractivity contribution in [3.63, 3.8) is 0 Å². The van der Waals surface area contributed by atoms with E-state index in [9.17, 15) is 0 Å². The topological polar surface area (TPSA) is 61.4 Å². The van der Waals surface area contributed by atoms with E-state index in [1.165, 1.54) is 16.9 Å². The van der Waals surface area contributed by atoms with E-state index in [2.05, 4.69) is 70.8 Å². The number of hydrogen-bond acceptors (Lipinski definition) is 7. The zero-order chi connectivity index (χ0) is 20.1. The van der Waals surface area contributed by atoms with Crippen LogP contribution in [0.4, 0.5) is 0 Å². The number of nitrogens with one attached hydrogen (secondary N) is 2. The minimum Gasteiger partial charge on any atom is -0.378 e. The molecule has 0 aliphatic carbocycles. The quantitative estimate of drug-likeness (QED) is 0.804. The summed E-state index contributed by atoms with van der Waals surface area (Å²) >= 11 is 0. The van der Waals surface area contributed by atoms with Crippen LogP contribution in [0.5, 0.6) is 0 Å². The highest BCUT2D eigenvalue weighted by Gasteiger charge is 2.32. The molecule has 0 bridgehead atoms. The van der Waals surface area contributed by atoms with Crippen LogP contribution in [0.15, 0.2) is 46.9 Å². The highest BCUT2D eigenvalue weighted by Crippen LogP contribution is 2.23. The lowest BCUT2D eigenvalue weighted by Crippen LogP contribution is -2.57. The Morgan fingerprint density at radius 3 is 2.72 bits per heavy atom. The zero-order valence-electron chi connectivity index (χ0n) is 17.4. The molecule has 0 saturated carbocycles. The summed E-state index contributed by atoms with van der Waals surface area (Å²) in [6.45, 7) is 8.14. The largest absolute Gasteiger partial charge is 0.378 e. The molecule has 0 spiro atoms. The number of rotatable bonds is 3. The Labute approximate surface area is 173 Å². The van der Waals surface area contributed by atoms with E-state index in [0.29, 0.717) is 19.8 Å². The number of likely N-dealkylation sites (N-methyl/N-ethyl adjacent to an activating group) is 1. The van der Waals surface area contributed by atoms with Gasteiger partial charge in [-0.3, -0.25) is 4.99 Å². The number of ether oxygens (including phenoxy) is 2. The van der Waals surface area contributed by atoms with Crippen LogP contribution in [0.2, 0.25) is 0 Å². The molecular weight excluding hydrogens is 366 g/mol. The van der Waals surface area contributed by atoms with Crippen molar-refractivity contribution >= 4 is 11.9 Å². The molecule has 1 aromatic rings. The molecule has 4 rings (SSSR count). The predicted molar refractivity (Wildman–Crippen MR) is 115 cm³/mol. The summed E-state index contributed by atoms with van der Waals surface area (Å²) in [4.78, 5) is 9.50. The van der Waals surface area contributed by atoms with E-state index in [1.807, 2.05) is 0 Å². The molecule has 1 fully saturated rings. The fourth-order valence-electron chi connectivity index (χ4n) is 3.88. The number of benzene rings is 1. The van der Waals surface area contributed by atoms with Gasteiger partial charge in [0.15, 0.2) is 0 Å². The van der Waals surface area contributed by atoms with E-state index in [0.717, 1.165) is 44.4 Å². The molecule has 0 amide bonds. The molecule has 1 aromatic carbocycles. The van der Waals surface area contributed by atoms with Gasteiger partial charge in [-0.2, -0.15) is 0 Å². The first-order chi connectivity index (χ1) is 14.2. The zero-order valence-corrected chi connectivity index (χ0v) is 17.4. The maximum Gasteiger partial charge on any atom is 0.150 e. The molecule has 1 saturated heterocycles. The molecule has 7 nitrogen and oxygen atoms in total. The Bertz CT molecular complexity index is 798. The molecule has 156 valence electrons. The maximum atomic E-state index is 5.63. The van der Waals surface area contributed by atoms with E-state index < -0.39 is 0 Å². The van der Waals surface area contributed by atoms with Gasteiger partial charge in [0.25, 0.3) is 0 Å². The molecule has 0 aromatic heterocycles. The van der Waals surface area contributed by atoms with Crippen LogP contribution in [-0.2, 0) is 9.47 Å². The van der Waals surface area contributed by atoms with Crippen LogP contribution >= 0.6 is 0 Å². The van der Waals surface area contributed by atoms with Gasteiger partial charge in [-0.25, -0.2) is 0 Å². The lowest BCUT2D eigenvalue weighted by molar-refractivity contribution is 0.0350. The van der Waals surface area contributed by atoms with Crippen LogP contribution in [0.1, 0.15) is 11.1 Å². The van der Waals surface area contributed by atoms with Crippen molar-refractivity contribution in [2.24, 2.45) is 4.99 Å². The van der Waals surface area contributed by atoms with E-state index in [-0.39, 0.29) is 6.17 Å². The smallest absolute Gasteiger partial charge is 0.150 e. The van der Waals surface area contributed by atoms with Crippen LogP contribution in [0.25, 0.3) is 6.08 Å². The Morgan fingerprint density at radius 2 is 1.90 bits per heavy atom. The van der Waals surface area contributed by atoms with Gasteiger partial charge < -0.3 is 29.9 Å². The first-order valence-corrected chi connectivity index (χ1v) is 10.4. The van der Waals surface area contributed by atoms with Crippen LogP contribution in [0, 0.1) is 6.92 Å². The van der Waals surface area contributed by atoms with Gasteiger partial charge in [-0.15, -0.1) is 0 Å². The Hall–Kier alpha value is -2.51. The van der Waals surface area contributed by atoms with Gasteiger partial charge in [0, 0.05) is 26.7 Å². The fourth-order valence-corrected chi connectivity index (χ4v) is 3.88. The Balaban J connectivity index is 1.67. The molecule has 29 heavy (non-hydrogen) atoms. The number of aryl methyl sites for hydroxylation is 1. The average molecular weight is 398 g/mol. The SMILES string of the molecule is Cc1ccccc1/C=C/C1NC2=NCCOCCNC2=C(N2CCOCC2)N1C. The summed E-state index contributed by atoms with van der Waals surface area (Å²) in [6, 6.07) is 8.44. The van der Waals surface area contributed by atoms with Gasteiger partial charge in [-0.1, -0.05) is 30.3 Å². The van der Waals surface area contributed by atoms with Crippen LogP contribution < -0.4 is 10.6 Å². The third kappa shape index (κ3) is 4.57. The monoisotopic (exact) mass is 397 g/mol. The lowest BCUT2D eigenvalue weighted by atomic mass is 10.1. The van der Waals surface area contributed by atoms with Gasteiger partial charge in [-0.05, 0) is 24.1 Å². The van der Waals surface area contributed by atoms with Gasteiger partial charge in [0.05, 0.1) is 33.0 Å². The van der Waals surface area contributed by atoms with E-state index in [4.69, 9.17) is 14.5 Å². The van der Waals surface area contributed by atoms with Gasteiger partial charge in [0.1, 0.15) is 23.5 Å². The number of nitrogens with zero attached hydrogens (tertiary/aromatic N) is 3. The molecule has 2 N–H and O–H groups in total. The lowest BCUT2D eigenvalue weighted by Gasteiger charge is -2.44. The number of fused-ring (bicyclic) bond motifs is 1. The summed E-state index contributed by atoms with van der Waals surface area (Å²) in [5.41, 5.74) is 3.55. The Morgan fingerprint density at radius 1 is 1.10 bits per heavy atom. The number of hydrogen-bond donors (Lipinski definition) is 2. The normalized spacial score (nSPS) is 23.5. The van der Waals surface area contributed by atoms with Crippen molar-refractivity contribution in [2.75, 3.05) is 59.7 Å². The second-order valence-corrected chi connectivity index (χ2v) is 7.48. The highest BCUT2D eigenvalue weighted by atomic mass is 16.5. The van der Waals surface area contributed by atoms with E-state index in [1.54, 1.807) is 0 Å². The highest BCUT2D eigenvalue weighted by molar-refractivity contribution is 5.99. The summed E-state index contributed by atoms with van der Waals surface area (Å²) in [5, 5.41) is 7.17. The molecule has 1 unspecified atom stereocenters. The third-order valence-corrected chi connectivity index (χ3v) is 5.51. The molecule has 1 atom stereocenters. The number of morpholine rings is 1. The maximum absolute atomic E-state index is 5.63. The summed E-state index contributed by atoms with van der Waals surface area (Å²) in [5.74, 6) is 2.08. The van der Waals surface area contributed by atoms with Crippen LogP contribution in [-0.4, -0.2) is 81.5 Å². The molecular formula is C22H31N5O2. The molecule has 3 heterocycles. The number of amidine groups is 1. The number of aliphatic imine (C=N–C) groups is 1. The average Bonchev–Trinajstić information content (AvgIpc) is 2.86. The minimum atomic E-state index is 0.0124. The second kappa shape index (κ2) is 9.33. The summed E-state index contributed by atoms with van der Waals surface area (Å²) in [6.07, 6.45) is 4.42. The van der Waals surface area contributed by atoms with Gasteiger partial charge in [0.2, 0.25) is 0 Å². The first-order valence-electron chi connectivity index (χ1n) is 10.4. The fraction of sp³-hybridized carbons (Fsp3) is 0.500. The first kappa shape index (κ1) is 19.8. The molecule has 3 aliphatic heterocycles. The summed E-state index contributed by atoms with van der Waals surface area (Å²) < 4.78 is 11.2. The Kier molecular flexibility index (Phi) is 6.36. The van der Waals surface area contributed by atoms with Crippen molar-refractivity contribution < 1.29 is 9.47 Å².